The van der Waals surface area contributed by atoms with Crippen molar-refractivity contribution in [2.45, 2.75) is 13.8 Å². The number of hydrazine groups is 3. The number of aromatic nitrogens is 4. The number of fused-ring (bicyclic) bond motifs is 9. The molecule has 3 aromatic heterocycles. The van der Waals surface area contributed by atoms with Gasteiger partial charge in [-0.2, -0.15) is 10.2 Å². The molecule has 6 heterocycles. The van der Waals surface area contributed by atoms with E-state index in [1.165, 1.54) is 21.5 Å². The minimum absolute atomic E-state index is 0.801. The van der Waals surface area contributed by atoms with E-state index in [4.69, 9.17) is 5.10 Å². The Hall–Kier alpha value is -8.76. The van der Waals surface area contributed by atoms with Gasteiger partial charge in [-0.25, -0.2) is 0 Å². The largest absolute Gasteiger partial charge is 0.308 e. The van der Waals surface area contributed by atoms with Gasteiger partial charge in [-0.3, -0.25) is 0 Å². The average molecular weight is 829 g/mol. The van der Waals surface area contributed by atoms with E-state index in [2.05, 4.69) is 194 Å². The molecule has 3 aliphatic heterocycles. The summed E-state index contributed by atoms with van der Waals surface area (Å²) in [6.07, 6.45) is 20.2. The maximum atomic E-state index is 4.82. The molecule has 0 spiro atoms. The van der Waals surface area contributed by atoms with Crippen molar-refractivity contribution in [1.29, 1.82) is 0 Å². The number of hydrogen-bond acceptors (Lipinski definition) is 8. The summed E-state index contributed by atoms with van der Waals surface area (Å²) in [4.78, 5) is 0. The number of rotatable bonds is 6. The van der Waals surface area contributed by atoms with Crippen molar-refractivity contribution in [1.82, 2.24) is 51.9 Å². The van der Waals surface area contributed by atoms with Crippen LogP contribution in [0.3, 0.4) is 0 Å². The molecular formula is C54H40N10. The smallest absolute Gasteiger partial charge is 0.0939 e. The highest BCUT2D eigenvalue weighted by Gasteiger charge is 2.46. The van der Waals surface area contributed by atoms with Gasteiger partial charge in [0.05, 0.1) is 56.2 Å². The Labute approximate surface area is 368 Å². The van der Waals surface area contributed by atoms with Crippen LogP contribution in [0, 0.1) is 13.8 Å². The van der Waals surface area contributed by atoms with Gasteiger partial charge in [0.2, 0.25) is 0 Å². The third-order valence-electron chi connectivity index (χ3n) is 13.1. The number of benzene rings is 5. The molecule has 0 fully saturated rings. The molecule has 13 rings (SSSR count). The Kier molecular flexibility index (Phi) is 7.80. The minimum Gasteiger partial charge on any atom is -0.308 e. The summed E-state index contributed by atoms with van der Waals surface area (Å²) in [5.41, 5.74) is 42.0. The van der Waals surface area contributed by atoms with Gasteiger partial charge in [-0.05, 0) is 103 Å². The highest BCUT2D eigenvalue weighted by atomic mass is 15.4. The molecule has 10 heteroatoms. The van der Waals surface area contributed by atoms with Crippen molar-refractivity contribution in [3.8, 4) is 11.3 Å². The lowest BCUT2D eigenvalue weighted by Crippen LogP contribution is -2.32. The van der Waals surface area contributed by atoms with Gasteiger partial charge >= 0.3 is 0 Å². The average Bonchev–Trinajstić information content (AvgIpc) is 4.08. The highest BCUT2D eigenvalue weighted by Crippen LogP contribution is 2.61. The Balaban J connectivity index is 1.32. The summed E-state index contributed by atoms with van der Waals surface area (Å²) in [6, 6.07) is 39.2. The molecule has 0 unspecified atom stereocenters. The second-order valence-corrected chi connectivity index (χ2v) is 16.4. The summed E-state index contributed by atoms with van der Waals surface area (Å²) < 4.78 is 5.02. The molecule has 5 aromatic carbocycles. The number of allylic oxidation sites excluding steroid dienone is 9. The van der Waals surface area contributed by atoms with Gasteiger partial charge in [0.25, 0.3) is 0 Å². The fraction of sp³-hybridized carbons (Fsp3) is 0.0370. The van der Waals surface area contributed by atoms with Gasteiger partial charge in [0.15, 0.2) is 0 Å². The Morgan fingerprint density at radius 3 is 1.36 bits per heavy atom. The van der Waals surface area contributed by atoms with Crippen LogP contribution < -0.4 is 32.6 Å². The Morgan fingerprint density at radius 2 is 0.875 bits per heavy atom. The molecule has 6 N–H and O–H groups in total. The number of hydrogen-bond donors (Lipinski definition) is 6. The zero-order valence-corrected chi connectivity index (χ0v) is 35.0. The molecule has 0 bridgehead atoms. The summed E-state index contributed by atoms with van der Waals surface area (Å²) >= 11 is 0. The normalized spacial score (nSPS) is 16.3. The standard InChI is InChI=1S/C54H40N10/c1-31-45(37-19-11-27-55-59-37)46(38-20-12-28-56-60-38)32(2)48-47(31)51-52(53(48)63-41-23-7-3-15-33(41)34-16-4-8-24-42(34)63)49(39-21-13-29-57-61-39)50(40-22-14-30-58-62-40)54(51)64-43-25-9-5-17-35(43)36-18-6-10-26-44(36)64/h3-30,55,57-59,61-62H,1-2H3. The third-order valence-corrected chi connectivity index (χ3v) is 13.1. The molecule has 5 aliphatic rings. The molecule has 306 valence electrons. The first-order chi connectivity index (χ1) is 31.7. The van der Waals surface area contributed by atoms with Gasteiger partial charge < -0.3 is 41.7 Å². The number of para-hydroxylation sites is 4. The quantitative estimate of drug-likeness (QED) is 0.0985. The van der Waals surface area contributed by atoms with Crippen LogP contribution >= 0.6 is 0 Å². The molecule has 64 heavy (non-hydrogen) atoms. The van der Waals surface area contributed by atoms with Crippen LogP contribution in [0.15, 0.2) is 199 Å². The highest BCUT2D eigenvalue weighted by molar-refractivity contribution is 6.25. The van der Waals surface area contributed by atoms with Crippen LogP contribution in [0.1, 0.15) is 27.8 Å². The van der Waals surface area contributed by atoms with E-state index >= 15 is 0 Å². The first-order valence-corrected chi connectivity index (χ1v) is 21.5. The van der Waals surface area contributed by atoms with Crippen LogP contribution in [0.2, 0.25) is 0 Å². The fourth-order valence-corrected chi connectivity index (χ4v) is 10.7. The minimum atomic E-state index is 0.801. The number of nitrogens with zero attached hydrogens (tertiary/aromatic N) is 4. The predicted octanol–water partition coefficient (Wildman–Crippen LogP) is 9.90. The predicted molar refractivity (Wildman–Crippen MR) is 259 cm³/mol. The van der Waals surface area contributed by atoms with E-state index in [9.17, 15) is 0 Å². The van der Waals surface area contributed by atoms with Crippen LogP contribution in [0.4, 0.5) is 0 Å². The Morgan fingerprint density at radius 1 is 0.406 bits per heavy atom. The maximum absolute atomic E-state index is 4.82. The van der Waals surface area contributed by atoms with Crippen molar-refractivity contribution >= 4 is 66.3 Å². The van der Waals surface area contributed by atoms with E-state index in [0.29, 0.717) is 0 Å². The van der Waals surface area contributed by atoms with Crippen LogP contribution in [0.5, 0.6) is 0 Å². The van der Waals surface area contributed by atoms with Crippen molar-refractivity contribution in [2.75, 3.05) is 0 Å². The molecule has 0 radical (unpaired) electrons. The van der Waals surface area contributed by atoms with Crippen LogP contribution in [-0.2, 0) is 0 Å². The summed E-state index contributed by atoms with van der Waals surface area (Å²) in [7, 11) is 0. The van der Waals surface area contributed by atoms with Crippen molar-refractivity contribution in [3.05, 3.63) is 226 Å². The zero-order valence-electron chi connectivity index (χ0n) is 35.0. The van der Waals surface area contributed by atoms with Gasteiger partial charge in [0.1, 0.15) is 0 Å². The lowest BCUT2D eigenvalue weighted by Gasteiger charge is -2.27. The first-order valence-electron chi connectivity index (χ1n) is 21.5. The van der Waals surface area contributed by atoms with E-state index in [1.54, 1.807) is 6.20 Å². The van der Waals surface area contributed by atoms with E-state index in [-0.39, 0.29) is 0 Å². The molecule has 0 saturated carbocycles. The van der Waals surface area contributed by atoms with Crippen molar-refractivity contribution in [2.24, 2.45) is 0 Å². The number of nitrogens with one attached hydrogen (secondary N) is 6. The molecule has 0 saturated heterocycles. The van der Waals surface area contributed by atoms with Crippen molar-refractivity contribution in [3.63, 3.8) is 0 Å². The first kappa shape index (κ1) is 35.9. The van der Waals surface area contributed by atoms with Crippen molar-refractivity contribution < 1.29 is 0 Å². The van der Waals surface area contributed by atoms with Gasteiger partial charge in [0, 0.05) is 85.3 Å². The topological polar surface area (TPSA) is 108 Å². The summed E-state index contributed by atoms with van der Waals surface area (Å²) in [5.74, 6) is 0. The molecular weight excluding hydrogens is 789 g/mol. The lowest BCUT2D eigenvalue weighted by molar-refractivity contribution is 0.716. The zero-order chi connectivity index (χ0) is 42.5. The SMILES string of the molecule is Cc1c2c(c(C)c(-c3cccnn3)c1C1=CC=CNN1)C(n1c3ccccc3c3ccccc31)=C1C(C3=CC=CNN3)=C(C3=CC=CNN3)C(n3c4ccccc4c4ccccc43)=C12. The molecule has 0 amide bonds. The van der Waals surface area contributed by atoms with Crippen LogP contribution in [-0.4, -0.2) is 19.3 Å². The summed E-state index contributed by atoms with van der Waals surface area (Å²) in [5, 5.41) is 14.0. The second-order valence-electron chi connectivity index (χ2n) is 16.4. The molecule has 0 atom stereocenters. The maximum Gasteiger partial charge on any atom is 0.0939 e. The van der Waals surface area contributed by atoms with Gasteiger partial charge in [-0.15, -0.1) is 0 Å². The van der Waals surface area contributed by atoms with Gasteiger partial charge in [-0.1, -0.05) is 72.8 Å². The molecule has 8 aromatic rings. The molecule has 10 nitrogen and oxygen atoms in total. The third kappa shape index (κ3) is 4.95. The lowest BCUT2D eigenvalue weighted by atomic mass is 9.83. The monoisotopic (exact) mass is 828 g/mol. The van der Waals surface area contributed by atoms with E-state index < -0.39 is 0 Å². The van der Waals surface area contributed by atoms with E-state index in [1.807, 2.05) is 30.7 Å². The molecule has 2 aliphatic carbocycles. The van der Waals surface area contributed by atoms with Crippen LogP contribution in [0.25, 0.3) is 77.5 Å². The van der Waals surface area contributed by atoms with E-state index in [0.717, 1.165) is 112 Å². The second kappa shape index (κ2) is 13.9. The fourth-order valence-electron chi connectivity index (χ4n) is 10.7. The summed E-state index contributed by atoms with van der Waals surface area (Å²) in [6.45, 7) is 4.54. The Bertz CT molecular complexity index is 3570.